The zero-order chi connectivity index (χ0) is 15.9. The van der Waals surface area contributed by atoms with Gasteiger partial charge in [0.2, 0.25) is 0 Å². The van der Waals surface area contributed by atoms with Crippen LogP contribution in [0.5, 0.6) is 5.75 Å². The van der Waals surface area contributed by atoms with Crippen LogP contribution in [0.2, 0.25) is 0 Å². The molecule has 0 bridgehead atoms. The van der Waals surface area contributed by atoms with Crippen molar-refractivity contribution in [3.63, 3.8) is 0 Å². The third-order valence-electron chi connectivity index (χ3n) is 4.18. The van der Waals surface area contributed by atoms with Gasteiger partial charge in [-0.1, -0.05) is 6.07 Å². The van der Waals surface area contributed by atoms with Gasteiger partial charge in [-0.15, -0.1) is 0 Å². The van der Waals surface area contributed by atoms with Crippen LogP contribution in [0.25, 0.3) is 0 Å². The van der Waals surface area contributed by atoms with Crippen molar-refractivity contribution in [3.05, 3.63) is 53.9 Å². The summed E-state index contributed by atoms with van der Waals surface area (Å²) in [5.41, 5.74) is 3.74. The summed E-state index contributed by atoms with van der Waals surface area (Å²) in [6.07, 6.45) is 6.21. The number of pyridine rings is 1. The molecule has 23 heavy (non-hydrogen) atoms. The first-order valence-corrected chi connectivity index (χ1v) is 8.47. The summed E-state index contributed by atoms with van der Waals surface area (Å²) in [6, 6.07) is 10.7. The van der Waals surface area contributed by atoms with Crippen molar-refractivity contribution in [2.75, 3.05) is 24.6 Å². The topological polar surface area (TPSA) is 37.4 Å². The lowest BCUT2D eigenvalue weighted by atomic mass is 10.1. The van der Waals surface area contributed by atoms with Crippen molar-refractivity contribution < 1.29 is 4.74 Å². The summed E-state index contributed by atoms with van der Waals surface area (Å²) < 4.78 is 5.88. The molecule has 1 aliphatic heterocycles. The van der Waals surface area contributed by atoms with Crippen molar-refractivity contribution in [3.8, 4) is 5.75 Å². The van der Waals surface area contributed by atoms with Crippen LogP contribution in [0.4, 0.5) is 5.69 Å². The molecule has 0 aliphatic carbocycles. The van der Waals surface area contributed by atoms with Gasteiger partial charge < -0.3 is 15.0 Å². The molecule has 1 aliphatic rings. The van der Waals surface area contributed by atoms with Crippen molar-refractivity contribution in [1.29, 1.82) is 0 Å². The Morgan fingerprint density at radius 1 is 1.04 bits per heavy atom. The van der Waals surface area contributed by atoms with Crippen LogP contribution >= 0.6 is 0 Å². The molecule has 4 nitrogen and oxygen atoms in total. The number of nitrogens with zero attached hydrogens (tertiary/aromatic N) is 2. The first kappa shape index (κ1) is 15.8. The van der Waals surface area contributed by atoms with Gasteiger partial charge in [0.05, 0.1) is 12.3 Å². The molecule has 0 atom stereocenters. The molecule has 0 spiro atoms. The minimum Gasteiger partial charge on any atom is -0.492 e. The predicted octanol–water partition coefficient (Wildman–Crippen LogP) is 3.37. The zero-order valence-corrected chi connectivity index (χ0v) is 13.8. The first-order valence-electron chi connectivity index (χ1n) is 8.47. The van der Waals surface area contributed by atoms with Gasteiger partial charge in [-0.25, -0.2) is 0 Å². The summed E-state index contributed by atoms with van der Waals surface area (Å²) in [7, 11) is 0. The predicted molar refractivity (Wildman–Crippen MR) is 93.8 cm³/mol. The maximum atomic E-state index is 5.88. The van der Waals surface area contributed by atoms with E-state index < -0.39 is 0 Å². The van der Waals surface area contributed by atoms with Gasteiger partial charge in [0, 0.05) is 38.6 Å². The third-order valence-corrected chi connectivity index (χ3v) is 4.18. The molecule has 2 heterocycles. The van der Waals surface area contributed by atoms with Gasteiger partial charge in [-0.05, 0) is 55.2 Å². The second-order valence-electron chi connectivity index (χ2n) is 5.89. The van der Waals surface area contributed by atoms with E-state index in [1.54, 1.807) is 0 Å². The number of hydrogen-bond donors (Lipinski definition) is 1. The summed E-state index contributed by atoms with van der Waals surface area (Å²) in [6.45, 7) is 6.71. The van der Waals surface area contributed by atoms with Crippen LogP contribution in [0.1, 0.15) is 30.9 Å². The van der Waals surface area contributed by atoms with E-state index in [4.69, 9.17) is 4.74 Å². The lowest BCUT2D eigenvalue weighted by Gasteiger charge is -2.22. The Kier molecular flexibility index (Phi) is 5.48. The minimum atomic E-state index is 0.703. The van der Waals surface area contributed by atoms with Gasteiger partial charge in [0.15, 0.2) is 0 Å². The monoisotopic (exact) mass is 311 g/mol. The molecule has 1 saturated heterocycles. The average Bonchev–Trinajstić information content (AvgIpc) is 3.11. The zero-order valence-electron chi connectivity index (χ0n) is 13.8. The highest BCUT2D eigenvalue weighted by atomic mass is 16.5. The molecule has 122 valence electrons. The lowest BCUT2D eigenvalue weighted by molar-refractivity contribution is 0.340. The van der Waals surface area contributed by atoms with E-state index in [0.29, 0.717) is 6.61 Å². The maximum absolute atomic E-state index is 5.88. The normalized spacial score (nSPS) is 14.2. The van der Waals surface area contributed by atoms with Crippen LogP contribution in [0.3, 0.4) is 0 Å². The van der Waals surface area contributed by atoms with E-state index in [-0.39, 0.29) is 0 Å². The maximum Gasteiger partial charge on any atom is 0.142 e. The molecule has 0 unspecified atom stereocenters. The standard InChI is InChI=1S/C19H25N3O/c1-2-23-19-13-17(5-6-18(19)22-11-3-4-12-22)15-21-14-16-7-9-20-10-8-16/h5-10,13,21H,2-4,11-12,14-15H2,1H3. The number of nitrogens with one attached hydrogen (secondary N) is 1. The highest BCUT2D eigenvalue weighted by Gasteiger charge is 2.16. The van der Waals surface area contributed by atoms with Crippen LogP contribution in [0, 0.1) is 0 Å². The van der Waals surface area contributed by atoms with Crippen molar-refractivity contribution in [2.45, 2.75) is 32.9 Å². The molecule has 1 fully saturated rings. The molecule has 2 aromatic rings. The fourth-order valence-corrected chi connectivity index (χ4v) is 3.01. The quantitative estimate of drug-likeness (QED) is 0.851. The largest absolute Gasteiger partial charge is 0.492 e. The SMILES string of the molecule is CCOc1cc(CNCc2ccncc2)ccc1N1CCCC1. The Bertz CT molecular complexity index is 609. The molecular formula is C19H25N3O. The minimum absolute atomic E-state index is 0.703. The summed E-state index contributed by atoms with van der Waals surface area (Å²) in [5, 5.41) is 3.48. The van der Waals surface area contributed by atoms with Gasteiger partial charge in [-0.2, -0.15) is 0 Å². The summed E-state index contributed by atoms with van der Waals surface area (Å²) >= 11 is 0. The van der Waals surface area contributed by atoms with E-state index in [0.717, 1.165) is 31.9 Å². The molecule has 4 heteroatoms. The Hall–Kier alpha value is -2.07. The lowest BCUT2D eigenvalue weighted by Crippen LogP contribution is -2.19. The van der Waals surface area contributed by atoms with Crippen LogP contribution in [-0.4, -0.2) is 24.7 Å². The number of benzene rings is 1. The van der Waals surface area contributed by atoms with E-state index in [1.165, 1.54) is 29.7 Å². The Morgan fingerprint density at radius 3 is 2.52 bits per heavy atom. The summed E-state index contributed by atoms with van der Waals surface area (Å²) in [5.74, 6) is 1.01. The molecule has 0 amide bonds. The Balaban J connectivity index is 1.64. The number of aromatic nitrogens is 1. The molecule has 1 N–H and O–H groups in total. The smallest absolute Gasteiger partial charge is 0.142 e. The third kappa shape index (κ3) is 4.23. The Labute approximate surface area is 138 Å². The highest BCUT2D eigenvalue weighted by Crippen LogP contribution is 2.32. The van der Waals surface area contributed by atoms with E-state index in [9.17, 15) is 0 Å². The molecular weight excluding hydrogens is 286 g/mol. The molecule has 0 radical (unpaired) electrons. The van der Waals surface area contributed by atoms with Crippen molar-refractivity contribution in [1.82, 2.24) is 10.3 Å². The van der Waals surface area contributed by atoms with Crippen molar-refractivity contribution in [2.24, 2.45) is 0 Å². The van der Waals surface area contributed by atoms with Crippen molar-refractivity contribution >= 4 is 5.69 Å². The molecule has 1 aromatic heterocycles. The fourth-order valence-electron chi connectivity index (χ4n) is 3.01. The summed E-state index contributed by atoms with van der Waals surface area (Å²) in [4.78, 5) is 6.47. The number of rotatable bonds is 7. The Morgan fingerprint density at radius 2 is 1.78 bits per heavy atom. The van der Waals surface area contributed by atoms with E-state index in [1.807, 2.05) is 31.5 Å². The number of hydrogen-bond acceptors (Lipinski definition) is 4. The second-order valence-corrected chi connectivity index (χ2v) is 5.89. The van der Waals surface area contributed by atoms with Crippen LogP contribution in [0.15, 0.2) is 42.7 Å². The van der Waals surface area contributed by atoms with Gasteiger partial charge in [0.1, 0.15) is 5.75 Å². The van der Waals surface area contributed by atoms with Gasteiger partial charge in [-0.3, -0.25) is 4.98 Å². The van der Waals surface area contributed by atoms with Crippen LogP contribution in [-0.2, 0) is 13.1 Å². The highest BCUT2D eigenvalue weighted by molar-refractivity contribution is 5.60. The number of ether oxygens (including phenoxy) is 1. The molecule has 1 aromatic carbocycles. The van der Waals surface area contributed by atoms with Gasteiger partial charge >= 0.3 is 0 Å². The van der Waals surface area contributed by atoms with E-state index >= 15 is 0 Å². The van der Waals surface area contributed by atoms with Crippen LogP contribution < -0.4 is 15.0 Å². The second kappa shape index (κ2) is 7.97. The fraction of sp³-hybridized carbons (Fsp3) is 0.421. The molecule has 0 saturated carbocycles. The van der Waals surface area contributed by atoms with E-state index in [2.05, 4.69) is 33.4 Å². The first-order chi connectivity index (χ1) is 11.4. The average molecular weight is 311 g/mol. The van der Waals surface area contributed by atoms with Gasteiger partial charge in [0.25, 0.3) is 0 Å². The molecule has 3 rings (SSSR count). The number of anilines is 1.